The highest BCUT2D eigenvalue weighted by Gasteiger charge is 2.22. The van der Waals surface area contributed by atoms with Gasteiger partial charge in [-0.3, -0.25) is 4.79 Å². The summed E-state index contributed by atoms with van der Waals surface area (Å²) in [7, 11) is 0. The van der Waals surface area contributed by atoms with E-state index in [4.69, 9.17) is 16.1 Å². The minimum atomic E-state index is -0.163. The highest BCUT2D eigenvalue weighted by molar-refractivity contribution is 6.31. The van der Waals surface area contributed by atoms with Gasteiger partial charge in [0, 0.05) is 23.4 Å². The molecule has 0 amide bonds. The second-order valence-electron chi connectivity index (χ2n) is 7.19. The Morgan fingerprint density at radius 1 is 1.23 bits per heavy atom. The summed E-state index contributed by atoms with van der Waals surface area (Å²) in [5, 5.41) is 12.6. The number of aromatic amines is 1. The molecule has 0 spiro atoms. The van der Waals surface area contributed by atoms with Crippen molar-refractivity contribution >= 4 is 29.7 Å². The van der Waals surface area contributed by atoms with Gasteiger partial charge in [-0.2, -0.15) is 10.1 Å². The fourth-order valence-electron chi connectivity index (χ4n) is 3.82. The van der Waals surface area contributed by atoms with Crippen LogP contribution in [0, 0.1) is 0 Å². The van der Waals surface area contributed by atoms with Crippen molar-refractivity contribution in [1.82, 2.24) is 30.1 Å². The summed E-state index contributed by atoms with van der Waals surface area (Å²) in [6, 6.07) is 9.19. The van der Waals surface area contributed by atoms with Crippen molar-refractivity contribution in [1.29, 1.82) is 0 Å². The van der Waals surface area contributed by atoms with Gasteiger partial charge in [-0.1, -0.05) is 35.0 Å². The van der Waals surface area contributed by atoms with E-state index in [1.54, 1.807) is 16.8 Å². The molecule has 4 heterocycles. The van der Waals surface area contributed by atoms with Crippen LogP contribution in [0.25, 0.3) is 17.1 Å². The lowest BCUT2D eigenvalue weighted by Crippen LogP contribution is -2.28. The van der Waals surface area contributed by atoms with Crippen molar-refractivity contribution < 1.29 is 4.52 Å². The Bertz CT molecular complexity index is 1230. The van der Waals surface area contributed by atoms with Gasteiger partial charge < -0.3 is 14.8 Å². The Morgan fingerprint density at radius 2 is 2.03 bits per heavy atom. The van der Waals surface area contributed by atoms with Crippen molar-refractivity contribution in [3.05, 3.63) is 69.0 Å². The van der Waals surface area contributed by atoms with E-state index in [0.29, 0.717) is 34.4 Å². The van der Waals surface area contributed by atoms with Crippen LogP contribution in [0.4, 0.5) is 0 Å². The lowest BCUT2D eigenvalue weighted by Gasteiger charge is -2.23. The lowest BCUT2D eigenvalue weighted by atomic mass is 9.94. The van der Waals surface area contributed by atoms with E-state index in [2.05, 4.69) is 25.5 Å². The van der Waals surface area contributed by atoms with Crippen LogP contribution in [-0.4, -0.2) is 37.8 Å². The summed E-state index contributed by atoms with van der Waals surface area (Å²) in [6.07, 6.45) is 4.05. The van der Waals surface area contributed by atoms with Gasteiger partial charge in [-0.25, -0.2) is 4.52 Å². The molecule has 5 rings (SSSR count). The third-order valence-corrected chi connectivity index (χ3v) is 5.67. The van der Waals surface area contributed by atoms with E-state index in [-0.39, 0.29) is 23.9 Å². The minimum absolute atomic E-state index is 0. The molecular formula is C20H20Cl2N6O2. The lowest BCUT2D eigenvalue weighted by molar-refractivity contribution is 0.424. The Morgan fingerprint density at radius 3 is 2.83 bits per heavy atom. The molecule has 1 aliphatic rings. The second kappa shape index (κ2) is 8.59. The molecule has 0 saturated carbocycles. The van der Waals surface area contributed by atoms with Crippen molar-refractivity contribution in [2.45, 2.75) is 25.2 Å². The molecule has 1 aromatic carbocycles. The van der Waals surface area contributed by atoms with E-state index in [1.807, 2.05) is 24.3 Å². The van der Waals surface area contributed by atoms with Crippen LogP contribution in [0.3, 0.4) is 0 Å². The zero-order valence-corrected chi connectivity index (χ0v) is 17.5. The van der Waals surface area contributed by atoms with E-state index in [0.717, 1.165) is 37.2 Å². The van der Waals surface area contributed by atoms with E-state index in [9.17, 15) is 4.79 Å². The number of nitrogens with one attached hydrogen (secondary N) is 2. The molecule has 8 nitrogen and oxygen atoms in total. The number of piperidine rings is 1. The van der Waals surface area contributed by atoms with Crippen LogP contribution in [0.15, 0.2) is 45.8 Å². The molecule has 156 valence electrons. The molecular weight excluding hydrogens is 427 g/mol. The molecule has 1 fully saturated rings. The summed E-state index contributed by atoms with van der Waals surface area (Å²) in [5.74, 6) is 1.12. The molecule has 0 aliphatic carbocycles. The maximum atomic E-state index is 12.3. The van der Waals surface area contributed by atoms with Gasteiger partial charge in [0.2, 0.25) is 0 Å². The van der Waals surface area contributed by atoms with E-state index >= 15 is 0 Å². The number of hydrogen-bond donors (Lipinski definition) is 2. The van der Waals surface area contributed by atoms with Crippen molar-refractivity contribution in [2.24, 2.45) is 0 Å². The Hall–Kier alpha value is -2.68. The smallest absolute Gasteiger partial charge is 0.263 e. The first kappa shape index (κ1) is 20.6. The number of rotatable bonds is 4. The predicted molar refractivity (Wildman–Crippen MR) is 115 cm³/mol. The largest absolute Gasteiger partial charge is 0.334 e. The normalized spacial score (nSPS) is 14.7. The van der Waals surface area contributed by atoms with Crippen molar-refractivity contribution in [3.63, 3.8) is 0 Å². The first-order valence-corrected chi connectivity index (χ1v) is 9.95. The molecule has 10 heteroatoms. The number of fused-ring (bicyclic) bond motifs is 1. The monoisotopic (exact) mass is 446 g/mol. The zero-order valence-electron chi connectivity index (χ0n) is 16.0. The first-order valence-electron chi connectivity index (χ1n) is 9.57. The minimum Gasteiger partial charge on any atom is -0.334 e. The number of H-pyrrole nitrogens is 1. The van der Waals surface area contributed by atoms with Gasteiger partial charge in [0.25, 0.3) is 11.4 Å². The molecule has 1 saturated heterocycles. The van der Waals surface area contributed by atoms with Gasteiger partial charge in [-0.05, 0) is 37.6 Å². The molecule has 0 radical (unpaired) electrons. The standard InChI is InChI=1S/C20H19ClN6O2.ClH/c21-15-4-2-1-3-13(15)9-17-24-20(29-26-17)14-11-23-27-16(10-18(28)25-19(14)27)12-5-7-22-8-6-12;/h1-4,10-12,22H,5-9H2,(H,25,28);1H. The van der Waals surface area contributed by atoms with E-state index < -0.39 is 0 Å². The highest BCUT2D eigenvalue weighted by atomic mass is 35.5. The van der Waals surface area contributed by atoms with Gasteiger partial charge in [0.15, 0.2) is 5.82 Å². The van der Waals surface area contributed by atoms with Gasteiger partial charge in [0.05, 0.1) is 11.9 Å². The third kappa shape index (κ3) is 3.86. The number of hydrogen-bond acceptors (Lipinski definition) is 6. The van der Waals surface area contributed by atoms with Gasteiger partial charge in [-0.15, -0.1) is 12.4 Å². The average Bonchev–Trinajstić information content (AvgIpc) is 3.36. The van der Waals surface area contributed by atoms with Crippen LogP contribution in [0.1, 0.15) is 35.8 Å². The molecule has 0 atom stereocenters. The maximum absolute atomic E-state index is 12.3. The zero-order chi connectivity index (χ0) is 19.8. The molecule has 0 unspecified atom stereocenters. The molecule has 0 bridgehead atoms. The summed E-state index contributed by atoms with van der Waals surface area (Å²) in [4.78, 5) is 19.7. The maximum Gasteiger partial charge on any atom is 0.263 e. The number of benzene rings is 1. The molecule has 30 heavy (non-hydrogen) atoms. The first-order chi connectivity index (χ1) is 14.2. The SMILES string of the molecule is Cl.O=c1cc(C2CCNCC2)n2ncc(-c3nc(Cc4ccccc4Cl)no3)c2[nH]1. The molecule has 3 aromatic heterocycles. The van der Waals surface area contributed by atoms with Crippen molar-refractivity contribution in [3.8, 4) is 11.5 Å². The molecule has 1 aliphatic heterocycles. The Kier molecular flexibility index (Phi) is 5.90. The predicted octanol–water partition coefficient (Wildman–Crippen LogP) is 3.21. The molecule has 4 aromatic rings. The quantitative estimate of drug-likeness (QED) is 0.498. The summed E-state index contributed by atoms with van der Waals surface area (Å²) in [6.45, 7) is 1.87. The Balaban J connectivity index is 0.00000218. The fraction of sp³-hybridized carbons (Fsp3) is 0.300. The average molecular weight is 447 g/mol. The number of nitrogens with zero attached hydrogens (tertiary/aromatic N) is 4. The van der Waals surface area contributed by atoms with Crippen LogP contribution in [-0.2, 0) is 6.42 Å². The number of aromatic nitrogens is 5. The van der Waals surface area contributed by atoms with Crippen LogP contribution in [0.2, 0.25) is 5.02 Å². The number of halogens is 2. The fourth-order valence-corrected chi connectivity index (χ4v) is 4.03. The topological polar surface area (TPSA) is 101 Å². The van der Waals surface area contributed by atoms with Crippen molar-refractivity contribution in [2.75, 3.05) is 13.1 Å². The van der Waals surface area contributed by atoms with Crippen LogP contribution < -0.4 is 10.9 Å². The second-order valence-corrected chi connectivity index (χ2v) is 7.59. The molecule has 2 N–H and O–H groups in total. The summed E-state index contributed by atoms with van der Waals surface area (Å²) < 4.78 is 7.25. The summed E-state index contributed by atoms with van der Waals surface area (Å²) >= 11 is 6.22. The van der Waals surface area contributed by atoms with E-state index in [1.165, 1.54) is 0 Å². The highest BCUT2D eigenvalue weighted by Crippen LogP contribution is 2.28. The van der Waals surface area contributed by atoms with Crippen LogP contribution in [0.5, 0.6) is 0 Å². The van der Waals surface area contributed by atoms with Gasteiger partial charge in [0.1, 0.15) is 11.2 Å². The van der Waals surface area contributed by atoms with Crippen LogP contribution >= 0.6 is 24.0 Å². The Labute approximate surface area is 183 Å². The summed E-state index contributed by atoms with van der Waals surface area (Å²) in [5.41, 5.74) is 2.84. The third-order valence-electron chi connectivity index (χ3n) is 5.30. The van der Waals surface area contributed by atoms with Gasteiger partial charge >= 0.3 is 0 Å².